The molecule has 19 heavy (non-hydrogen) atoms. The topological polar surface area (TPSA) is 50.8 Å². The zero-order chi connectivity index (χ0) is 13.1. The Morgan fingerprint density at radius 3 is 3.05 bits per heavy atom. The van der Waals surface area contributed by atoms with Crippen molar-refractivity contribution in [2.45, 2.75) is 38.3 Å². The Morgan fingerprint density at radius 1 is 1.37 bits per heavy atom. The van der Waals surface area contributed by atoms with Crippen molar-refractivity contribution >= 4 is 11.0 Å². The van der Waals surface area contributed by atoms with Crippen LogP contribution in [-0.4, -0.2) is 22.3 Å². The molecule has 2 aromatic rings. The van der Waals surface area contributed by atoms with Gasteiger partial charge >= 0.3 is 0 Å². The minimum Gasteiger partial charge on any atom is -0.376 e. The lowest BCUT2D eigenvalue weighted by molar-refractivity contribution is 0.00625. The second-order valence-corrected chi connectivity index (χ2v) is 4.95. The highest BCUT2D eigenvalue weighted by Crippen LogP contribution is 2.20. The Bertz CT molecular complexity index is 605. The van der Waals surface area contributed by atoms with E-state index in [-0.39, 0.29) is 6.10 Å². The van der Waals surface area contributed by atoms with Crippen molar-refractivity contribution in [1.82, 2.24) is 9.55 Å². The average Bonchev–Trinajstić information content (AvgIpc) is 2.79. The number of ether oxygens (including phenoxy) is 1. The van der Waals surface area contributed by atoms with E-state index >= 15 is 0 Å². The summed E-state index contributed by atoms with van der Waals surface area (Å²) < 4.78 is 7.95. The Kier molecular flexibility index (Phi) is 3.47. The molecule has 1 aliphatic heterocycles. The lowest BCUT2D eigenvalue weighted by Crippen LogP contribution is -2.25. The van der Waals surface area contributed by atoms with E-state index in [4.69, 9.17) is 10.00 Å². The van der Waals surface area contributed by atoms with E-state index in [1.807, 2.05) is 18.2 Å². The number of benzene rings is 1. The number of nitriles is 1. The first kappa shape index (κ1) is 12.2. The van der Waals surface area contributed by atoms with E-state index in [1.165, 1.54) is 6.42 Å². The fourth-order valence-corrected chi connectivity index (χ4v) is 2.69. The van der Waals surface area contributed by atoms with Crippen LogP contribution in [0.3, 0.4) is 0 Å². The molecule has 0 amide bonds. The molecule has 0 spiro atoms. The molecule has 0 saturated carbocycles. The summed E-state index contributed by atoms with van der Waals surface area (Å²) in [6.45, 7) is 1.66. The van der Waals surface area contributed by atoms with E-state index in [1.54, 1.807) is 0 Å². The summed E-state index contributed by atoms with van der Waals surface area (Å²) in [5.74, 6) is 0.845. The molecule has 1 aliphatic rings. The highest BCUT2D eigenvalue weighted by molar-refractivity contribution is 5.76. The highest BCUT2D eigenvalue weighted by Gasteiger charge is 2.18. The average molecular weight is 255 g/mol. The molecular weight excluding hydrogens is 238 g/mol. The van der Waals surface area contributed by atoms with Gasteiger partial charge in [0.2, 0.25) is 0 Å². The molecule has 2 heterocycles. The van der Waals surface area contributed by atoms with E-state index in [2.05, 4.69) is 21.7 Å². The number of hydrogen-bond donors (Lipinski definition) is 0. The van der Waals surface area contributed by atoms with Crippen LogP contribution in [0, 0.1) is 11.3 Å². The number of para-hydroxylation sites is 2. The van der Waals surface area contributed by atoms with Crippen LogP contribution in [-0.2, 0) is 17.7 Å². The van der Waals surface area contributed by atoms with Gasteiger partial charge in [-0.1, -0.05) is 12.1 Å². The van der Waals surface area contributed by atoms with Crippen molar-refractivity contribution in [3.05, 3.63) is 30.1 Å². The summed E-state index contributed by atoms with van der Waals surface area (Å²) in [5, 5.41) is 8.94. The van der Waals surface area contributed by atoms with Gasteiger partial charge in [0.25, 0.3) is 0 Å². The molecule has 0 bridgehead atoms. The SMILES string of the molecule is N#CCc1nc2ccccc2n1CC1CCCCO1. The number of fused-ring (bicyclic) bond motifs is 1. The Labute approximate surface area is 112 Å². The maximum atomic E-state index is 8.94. The largest absolute Gasteiger partial charge is 0.376 e. The lowest BCUT2D eigenvalue weighted by Gasteiger charge is -2.23. The lowest BCUT2D eigenvalue weighted by atomic mass is 10.1. The molecule has 98 valence electrons. The molecule has 1 fully saturated rings. The normalized spacial score (nSPS) is 19.4. The monoisotopic (exact) mass is 255 g/mol. The zero-order valence-electron chi connectivity index (χ0n) is 10.9. The van der Waals surface area contributed by atoms with Crippen molar-refractivity contribution in [2.24, 2.45) is 0 Å². The summed E-state index contributed by atoms with van der Waals surface area (Å²) in [6, 6.07) is 10.2. The van der Waals surface area contributed by atoms with Crippen LogP contribution in [0.1, 0.15) is 25.1 Å². The molecule has 4 nitrogen and oxygen atoms in total. The first-order valence-electron chi connectivity index (χ1n) is 6.81. The zero-order valence-corrected chi connectivity index (χ0v) is 10.9. The number of imidazole rings is 1. The molecule has 1 saturated heterocycles. The predicted octanol–water partition coefficient (Wildman–Crippen LogP) is 2.67. The number of nitrogens with zero attached hydrogens (tertiary/aromatic N) is 3. The minimum atomic E-state index is 0.254. The quantitative estimate of drug-likeness (QED) is 0.847. The fourth-order valence-electron chi connectivity index (χ4n) is 2.69. The van der Waals surface area contributed by atoms with Crippen LogP contribution in [0.15, 0.2) is 24.3 Å². The van der Waals surface area contributed by atoms with Gasteiger partial charge in [0, 0.05) is 6.61 Å². The molecule has 0 aliphatic carbocycles. The van der Waals surface area contributed by atoms with Crippen LogP contribution in [0.5, 0.6) is 0 Å². The van der Waals surface area contributed by atoms with Gasteiger partial charge in [-0.2, -0.15) is 5.26 Å². The van der Waals surface area contributed by atoms with Gasteiger partial charge in [-0.25, -0.2) is 4.98 Å². The number of rotatable bonds is 3. The molecule has 1 aromatic carbocycles. The fraction of sp³-hybridized carbons (Fsp3) is 0.467. The van der Waals surface area contributed by atoms with Gasteiger partial charge in [0.1, 0.15) is 5.82 Å². The van der Waals surface area contributed by atoms with Gasteiger partial charge in [-0.3, -0.25) is 0 Å². The van der Waals surface area contributed by atoms with Crippen LogP contribution in [0.2, 0.25) is 0 Å². The van der Waals surface area contributed by atoms with E-state index in [0.29, 0.717) is 6.42 Å². The number of aromatic nitrogens is 2. The van der Waals surface area contributed by atoms with Crippen molar-refractivity contribution in [3.8, 4) is 6.07 Å². The summed E-state index contributed by atoms with van der Waals surface area (Å²) in [7, 11) is 0. The minimum absolute atomic E-state index is 0.254. The third-order valence-electron chi connectivity index (χ3n) is 3.63. The maximum absolute atomic E-state index is 8.94. The Morgan fingerprint density at radius 2 is 2.26 bits per heavy atom. The van der Waals surface area contributed by atoms with Crippen LogP contribution >= 0.6 is 0 Å². The smallest absolute Gasteiger partial charge is 0.124 e. The van der Waals surface area contributed by atoms with Crippen LogP contribution < -0.4 is 0 Å². The van der Waals surface area contributed by atoms with Crippen molar-refractivity contribution in [1.29, 1.82) is 5.26 Å². The third kappa shape index (κ3) is 2.47. The van der Waals surface area contributed by atoms with E-state index in [9.17, 15) is 0 Å². The first-order valence-corrected chi connectivity index (χ1v) is 6.81. The van der Waals surface area contributed by atoms with E-state index < -0.39 is 0 Å². The molecule has 1 aromatic heterocycles. The molecule has 4 heteroatoms. The Balaban J connectivity index is 1.95. The van der Waals surface area contributed by atoms with E-state index in [0.717, 1.165) is 42.9 Å². The predicted molar refractivity (Wildman–Crippen MR) is 72.6 cm³/mol. The third-order valence-corrected chi connectivity index (χ3v) is 3.63. The van der Waals surface area contributed by atoms with Crippen molar-refractivity contribution in [3.63, 3.8) is 0 Å². The van der Waals surface area contributed by atoms with Gasteiger partial charge < -0.3 is 9.30 Å². The molecule has 0 N–H and O–H groups in total. The summed E-state index contributed by atoms with van der Waals surface area (Å²) in [4.78, 5) is 4.55. The maximum Gasteiger partial charge on any atom is 0.124 e. The molecular formula is C15H17N3O. The number of hydrogen-bond acceptors (Lipinski definition) is 3. The van der Waals surface area contributed by atoms with Crippen LogP contribution in [0.25, 0.3) is 11.0 Å². The molecule has 0 radical (unpaired) electrons. The van der Waals surface area contributed by atoms with Crippen molar-refractivity contribution < 1.29 is 4.74 Å². The van der Waals surface area contributed by atoms with Gasteiger partial charge in [-0.05, 0) is 31.4 Å². The summed E-state index contributed by atoms with van der Waals surface area (Å²) >= 11 is 0. The van der Waals surface area contributed by atoms with Gasteiger partial charge in [0.05, 0.1) is 36.2 Å². The summed E-state index contributed by atoms with van der Waals surface area (Å²) in [5.41, 5.74) is 2.06. The first-order chi connectivity index (χ1) is 9.38. The Hall–Kier alpha value is -1.86. The second kappa shape index (κ2) is 5.41. The standard InChI is InChI=1S/C15H17N3O/c16-9-8-15-17-13-6-1-2-7-14(13)18(15)11-12-5-3-4-10-19-12/h1-2,6-7,12H,3-5,8,10-11H2. The second-order valence-electron chi connectivity index (χ2n) is 4.95. The summed E-state index contributed by atoms with van der Waals surface area (Å²) in [6.07, 6.45) is 4.08. The molecule has 3 rings (SSSR count). The van der Waals surface area contributed by atoms with Gasteiger partial charge in [-0.15, -0.1) is 0 Å². The van der Waals surface area contributed by atoms with Crippen molar-refractivity contribution in [2.75, 3.05) is 6.61 Å². The van der Waals surface area contributed by atoms with Gasteiger partial charge in [0.15, 0.2) is 0 Å². The highest BCUT2D eigenvalue weighted by atomic mass is 16.5. The molecule has 1 unspecified atom stereocenters. The van der Waals surface area contributed by atoms with Crippen LogP contribution in [0.4, 0.5) is 0 Å². The molecule has 1 atom stereocenters.